The summed E-state index contributed by atoms with van der Waals surface area (Å²) in [7, 11) is -3.64. The van der Waals surface area contributed by atoms with Crippen molar-refractivity contribution < 1.29 is 13.2 Å². The summed E-state index contributed by atoms with van der Waals surface area (Å²) in [5.41, 5.74) is 6.89. The first-order chi connectivity index (χ1) is 14.7. The lowest BCUT2D eigenvalue weighted by Crippen LogP contribution is -2.31. The van der Waals surface area contributed by atoms with E-state index < -0.39 is 21.9 Å². The summed E-state index contributed by atoms with van der Waals surface area (Å²) in [6, 6.07) is 11.6. The van der Waals surface area contributed by atoms with Gasteiger partial charge in [-0.1, -0.05) is 35.3 Å². The smallest absolute Gasteiger partial charge is 0.319 e. The maximum atomic E-state index is 12.6. The van der Waals surface area contributed by atoms with Crippen LogP contribution in [-0.4, -0.2) is 24.4 Å². The number of nitrogens with one attached hydrogen (secondary N) is 2. The van der Waals surface area contributed by atoms with Crippen molar-refractivity contribution in [3.05, 3.63) is 76.0 Å². The molecule has 1 aromatic heterocycles. The van der Waals surface area contributed by atoms with Crippen LogP contribution in [-0.2, 0) is 15.6 Å². The largest absolute Gasteiger partial charge is 0.368 e. The van der Waals surface area contributed by atoms with Crippen LogP contribution >= 0.6 is 23.2 Å². The molecule has 3 aromatic rings. The van der Waals surface area contributed by atoms with Gasteiger partial charge in [-0.25, -0.2) is 23.2 Å². The summed E-state index contributed by atoms with van der Waals surface area (Å²) in [5, 5.41) is 6.18. The monoisotopic (exact) mass is 479 g/mol. The lowest BCUT2D eigenvalue weighted by molar-refractivity contribution is 0.249. The molecule has 11 heteroatoms. The van der Waals surface area contributed by atoms with E-state index in [1.165, 1.54) is 36.5 Å². The fourth-order valence-corrected chi connectivity index (χ4v) is 4.55. The summed E-state index contributed by atoms with van der Waals surface area (Å²) in [6.07, 6.45) is 1.40. The first-order valence-corrected chi connectivity index (χ1v) is 11.5. The maximum absolute atomic E-state index is 12.6. The van der Waals surface area contributed by atoms with Gasteiger partial charge in [0.2, 0.25) is 5.95 Å². The SMILES string of the molecule is C[C@@H](NC(=O)Nc1ccc(S(=O)(=O)Cc2ccnc(N)n2)cc1)c1cccc(Cl)c1Cl. The van der Waals surface area contributed by atoms with Gasteiger partial charge in [0.1, 0.15) is 0 Å². The Bertz CT molecular complexity index is 1200. The van der Waals surface area contributed by atoms with Gasteiger partial charge in [0.25, 0.3) is 0 Å². The number of sulfone groups is 1. The molecule has 0 aliphatic carbocycles. The topological polar surface area (TPSA) is 127 Å². The standard InChI is InChI=1S/C20H19Cl2N5O3S/c1-12(16-3-2-4-17(21)18(16)22)25-20(28)27-13-5-7-15(8-6-13)31(29,30)11-14-9-10-24-19(23)26-14/h2-10,12H,11H2,1H3,(H2,23,24,26)(H2,25,27,28)/t12-/m1/s1. The van der Waals surface area contributed by atoms with E-state index in [0.717, 1.165) is 0 Å². The Balaban J connectivity index is 1.64. The highest BCUT2D eigenvalue weighted by atomic mass is 35.5. The number of halogens is 2. The van der Waals surface area contributed by atoms with Gasteiger partial charge in [-0.2, -0.15) is 0 Å². The lowest BCUT2D eigenvalue weighted by atomic mass is 10.1. The Morgan fingerprint density at radius 2 is 1.84 bits per heavy atom. The van der Waals surface area contributed by atoms with Crippen molar-refractivity contribution in [1.82, 2.24) is 15.3 Å². The van der Waals surface area contributed by atoms with Gasteiger partial charge < -0.3 is 16.4 Å². The van der Waals surface area contributed by atoms with Gasteiger partial charge in [0.05, 0.1) is 32.4 Å². The van der Waals surface area contributed by atoms with Gasteiger partial charge in [0.15, 0.2) is 9.84 Å². The molecule has 0 fully saturated rings. The number of rotatable bonds is 6. The Morgan fingerprint density at radius 1 is 1.13 bits per heavy atom. The van der Waals surface area contributed by atoms with Crippen molar-refractivity contribution in [2.75, 3.05) is 11.1 Å². The molecule has 1 atom stereocenters. The number of hydrogen-bond acceptors (Lipinski definition) is 6. The van der Waals surface area contributed by atoms with Crippen molar-refractivity contribution in [3.8, 4) is 0 Å². The fourth-order valence-electron chi connectivity index (χ4n) is 2.81. The normalized spacial score (nSPS) is 12.2. The van der Waals surface area contributed by atoms with Crippen LogP contribution in [0, 0.1) is 0 Å². The highest BCUT2D eigenvalue weighted by molar-refractivity contribution is 7.90. The van der Waals surface area contributed by atoms with Crippen molar-refractivity contribution in [2.45, 2.75) is 23.6 Å². The summed E-state index contributed by atoms with van der Waals surface area (Å²) in [6.45, 7) is 1.77. The summed E-state index contributed by atoms with van der Waals surface area (Å²) >= 11 is 12.2. The molecular weight excluding hydrogens is 461 g/mol. The molecule has 162 valence electrons. The zero-order valence-corrected chi connectivity index (χ0v) is 18.7. The van der Waals surface area contributed by atoms with Crippen molar-refractivity contribution in [2.24, 2.45) is 0 Å². The number of benzene rings is 2. The molecule has 1 heterocycles. The average molecular weight is 480 g/mol. The fraction of sp³-hybridized carbons (Fsp3) is 0.150. The van der Waals surface area contributed by atoms with Crippen LogP contribution in [0.5, 0.6) is 0 Å². The van der Waals surface area contributed by atoms with Crippen molar-refractivity contribution in [1.29, 1.82) is 0 Å². The molecule has 8 nitrogen and oxygen atoms in total. The molecule has 4 N–H and O–H groups in total. The zero-order chi connectivity index (χ0) is 22.6. The molecule has 3 rings (SSSR count). The van der Waals surface area contributed by atoms with E-state index in [1.807, 2.05) is 0 Å². The van der Waals surface area contributed by atoms with E-state index in [-0.39, 0.29) is 16.6 Å². The second-order valence-corrected chi connectivity index (χ2v) is 9.43. The molecule has 0 aliphatic heterocycles. The minimum atomic E-state index is -3.64. The Hall–Kier alpha value is -2.88. The quantitative estimate of drug-likeness (QED) is 0.485. The third kappa shape index (κ3) is 5.84. The molecule has 31 heavy (non-hydrogen) atoms. The first kappa shape index (κ1) is 22.8. The Kier molecular flexibility index (Phi) is 6.99. The third-order valence-electron chi connectivity index (χ3n) is 4.34. The van der Waals surface area contributed by atoms with Gasteiger partial charge in [0, 0.05) is 11.9 Å². The first-order valence-electron chi connectivity index (χ1n) is 9.07. The predicted octanol–water partition coefficient (Wildman–Crippen LogP) is 4.22. The number of urea groups is 1. The number of carbonyl (C=O) groups excluding carboxylic acids is 1. The van der Waals surface area contributed by atoms with E-state index in [1.54, 1.807) is 25.1 Å². The van der Waals surface area contributed by atoms with E-state index in [4.69, 9.17) is 28.9 Å². The van der Waals surface area contributed by atoms with Gasteiger partial charge >= 0.3 is 6.03 Å². The molecular formula is C20H19Cl2N5O3S. The number of nitrogens with zero attached hydrogens (tertiary/aromatic N) is 2. The van der Waals surface area contributed by atoms with Gasteiger partial charge in [-0.3, -0.25) is 0 Å². The Morgan fingerprint density at radius 3 is 2.52 bits per heavy atom. The Labute approximate surface area is 189 Å². The molecule has 0 radical (unpaired) electrons. The van der Waals surface area contributed by atoms with Crippen molar-refractivity contribution >= 4 is 50.7 Å². The highest BCUT2D eigenvalue weighted by Crippen LogP contribution is 2.29. The number of anilines is 2. The van der Waals surface area contributed by atoms with Crippen LogP contribution in [0.4, 0.5) is 16.4 Å². The predicted molar refractivity (Wildman–Crippen MR) is 121 cm³/mol. The molecule has 0 spiro atoms. The number of nitrogens with two attached hydrogens (primary N) is 1. The molecule has 2 amide bonds. The van der Waals surface area contributed by atoms with Crippen LogP contribution < -0.4 is 16.4 Å². The summed E-state index contributed by atoms with van der Waals surface area (Å²) in [4.78, 5) is 20.0. The van der Waals surface area contributed by atoms with Gasteiger partial charge in [-0.05, 0) is 48.9 Å². The molecule has 0 aliphatic rings. The zero-order valence-electron chi connectivity index (χ0n) is 16.3. The van der Waals surface area contributed by atoms with E-state index in [9.17, 15) is 13.2 Å². The number of nitrogen functional groups attached to an aromatic ring is 1. The van der Waals surface area contributed by atoms with E-state index >= 15 is 0 Å². The number of amides is 2. The molecule has 0 bridgehead atoms. The molecule has 0 unspecified atom stereocenters. The minimum Gasteiger partial charge on any atom is -0.368 e. The third-order valence-corrected chi connectivity index (χ3v) is 6.84. The summed E-state index contributed by atoms with van der Waals surface area (Å²) in [5.74, 6) is -0.309. The maximum Gasteiger partial charge on any atom is 0.319 e. The second-order valence-electron chi connectivity index (χ2n) is 6.65. The highest BCUT2D eigenvalue weighted by Gasteiger charge is 2.18. The molecule has 2 aromatic carbocycles. The van der Waals surface area contributed by atoms with Gasteiger partial charge in [-0.15, -0.1) is 0 Å². The van der Waals surface area contributed by atoms with Crippen molar-refractivity contribution in [3.63, 3.8) is 0 Å². The average Bonchev–Trinajstić information content (AvgIpc) is 2.70. The number of carbonyl (C=O) groups is 1. The van der Waals surface area contributed by atoms with E-state index in [0.29, 0.717) is 27.0 Å². The summed E-state index contributed by atoms with van der Waals surface area (Å²) < 4.78 is 25.2. The lowest BCUT2D eigenvalue weighted by Gasteiger charge is -2.17. The van der Waals surface area contributed by atoms with E-state index in [2.05, 4.69) is 20.6 Å². The van der Waals surface area contributed by atoms with Crippen LogP contribution in [0.1, 0.15) is 24.2 Å². The van der Waals surface area contributed by atoms with Crippen LogP contribution in [0.2, 0.25) is 10.0 Å². The number of hydrogen-bond donors (Lipinski definition) is 3. The molecule has 0 saturated heterocycles. The minimum absolute atomic E-state index is 0.00606. The van der Waals surface area contributed by atoms with Crippen LogP contribution in [0.15, 0.2) is 59.6 Å². The van der Waals surface area contributed by atoms with Crippen LogP contribution in [0.25, 0.3) is 0 Å². The number of aromatic nitrogens is 2. The molecule has 0 saturated carbocycles. The second kappa shape index (κ2) is 9.51. The van der Waals surface area contributed by atoms with Crippen LogP contribution in [0.3, 0.4) is 0 Å².